The summed E-state index contributed by atoms with van der Waals surface area (Å²) < 4.78 is 5.99. The molecular formula is C16H33NO. The van der Waals surface area contributed by atoms with Gasteiger partial charge >= 0.3 is 0 Å². The van der Waals surface area contributed by atoms with Crippen LogP contribution in [0.15, 0.2) is 0 Å². The molecule has 0 heterocycles. The summed E-state index contributed by atoms with van der Waals surface area (Å²) in [6.45, 7) is 9.77. The molecule has 1 aliphatic rings. The first-order chi connectivity index (χ1) is 8.81. The van der Waals surface area contributed by atoms with Crippen molar-refractivity contribution >= 4 is 0 Å². The fourth-order valence-corrected chi connectivity index (χ4v) is 2.94. The largest absolute Gasteiger partial charge is 0.380 e. The second kappa shape index (κ2) is 9.80. The minimum atomic E-state index is 0.599. The van der Waals surface area contributed by atoms with Crippen LogP contribution in [0.1, 0.15) is 65.7 Å². The first-order valence-electron chi connectivity index (χ1n) is 8.12. The second-order valence-electron chi connectivity index (χ2n) is 5.83. The van der Waals surface area contributed by atoms with Crippen molar-refractivity contribution < 1.29 is 4.74 Å². The predicted molar refractivity (Wildman–Crippen MR) is 78.9 cm³/mol. The molecule has 1 saturated carbocycles. The molecule has 18 heavy (non-hydrogen) atoms. The molecule has 2 heteroatoms. The SMILES string of the molecule is CCCNC(COCC(CC)CC)C1CCCC1. The van der Waals surface area contributed by atoms with Gasteiger partial charge in [-0.2, -0.15) is 0 Å². The van der Waals surface area contributed by atoms with Crippen LogP contribution in [0, 0.1) is 11.8 Å². The molecule has 0 radical (unpaired) electrons. The number of hydrogen-bond donors (Lipinski definition) is 1. The molecule has 1 aliphatic carbocycles. The van der Waals surface area contributed by atoms with E-state index in [1.165, 1.54) is 44.9 Å². The van der Waals surface area contributed by atoms with E-state index in [0.717, 1.165) is 31.6 Å². The van der Waals surface area contributed by atoms with Gasteiger partial charge in [0.05, 0.1) is 6.61 Å². The summed E-state index contributed by atoms with van der Waals surface area (Å²) in [5.41, 5.74) is 0. The Morgan fingerprint density at radius 2 is 1.72 bits per heavy atom. The van der Waals surface area contributed by atoms with Crippen LogP contribution in [0.2, 0.25) is 0 Å². The maximum atomic E-state index is 5.99. The molecule has 0 saturated heterocycles. The van der Waals surface area contributed by atoms with Crippen molar-refractivity contribution in [3.05, 3.63) is 0 Å². The van der Waals surface area contributed by atoms with Crippen molar-refractivity contribution in [1.29, 1.82) is 0 Å². The molecule has 0 amide bonds. The van der Waals surface area contributed by atoms with Crippen LogP contribution in [0.5, 0.6) is 0 Å². The molecule has 2 nitrogen and oxygen atoms in total. The third kappa shape index (κ3) is 5.71. The Hall–Kier alpha value is -0.0800. The highest BCUT2D eigenvalue weighted by Crippen LogP contribution is 2.28. The van der Waals surface area contributed by atoms with Crippen molar-refractivity contribution in [1.82, 2.24) is 5.32 Å². The lowest BCUT2D eigenvalue weighted by Gasteiger charge is -2.25. The van der Waals surface area contributed by atoms with Crippen LogP contribution < -0.4 is 5.32 Å². The number of rotatable bonds is 10. The average molecular weight is 255 g/mol. The van der Waals surface area contributed by atoms with Gasteiger partial charge in [0.2, 0.25) is 0 Å². The van der Waals surface area contributed by atoms with Gasteiger partial charge in [0.1, 0.15) is 0 Å². The van der Waals surface area contributed by atoms with E-state index in [9.17, 15) is 0 Å². The molecule has 1 fully saturated rings. The molecule has 0 aliphatic heterocycles. The van der Waals surface area contributed by atoms with Crippen molar-refractivity contribution in [2.24, 2.45) is 11.8 Å². The van der Waals surface area contributed by atoms with Gasteiger partial charge in [-0.25, -0.2) is 0 Å². The van der Waals surface area contributed by atoms with Gasteiger partial charge in [-0.3, -0.25) is 0 Å². The normalized spacial score (nSPS) is 18.7. The lowest BCUT2D eigenvalue weighted by atomic mass is 9.98. The van der Waals surface area contributed by atoms with E-state index >= 15 is 0 Å². The first kappa shape index (κ1) is 16.0. The molecular weight excluding hydrogens is 222 g/mol. The summed E-state index contributed by atoms with van der Waals surface area (Å²) in [6, 6.07) is 0.599. The zero-order valence-corrected chi connectivity index (χ0v) is 12.7. The van der Waals surface area contributed by atoms with Crippen LogP contribution in [-0.2, 0) is 4.74 Å². The minimum absolute atomic E-state index is 0.599. The molecule has 0 spiro atoms. The Labute approximate surface area is 114 Å². The number of hydrogen-bond acceptors (Lipinski definition) is 2. The van der Waals surface area contributed by atoms with Gasteiger partial charge in [0.25, 0.3) is 0 Å². The Balaban J connectivity index is 2.26. The quantitative estimate of drug-likeness (QED) is 0.637. The summed E-state index contributed by atoms with van der Waals surface area (Å²) >= 11 is 0. The summed E-state index contributed by atoms with van der Waals surface area (Å²) in [4.78, 5) is 0. The molecule has 0 bridgehead atoms. The van der Waals surface area contributed by atoms with Crippen LogP contribution >= 0.6 is 0 Å². The van der Waals surface area contributed by atoms with Crippen molar-refractivity contribution in [2.45, 2.75) is 71.8 Å². The zero-order chi connectivity index (χ0) is 13.2. The highest BCUT2D eigenvalue weighted by atomic mass is 16.5. The number of nitrogens with one attached hydrogen (secondary N) is 1. The molecule has 0 aromatic carbocycles. The Morgan fingerprint density at radius 3 is 2.28 bits per heavy atom. The van der Waals surface area contributed by atoms with E-state index < -0.39 is 0 Å². The fraction of sp³-hybridized carbons (Fsp3) is 1.00. The van der Waals surface area contributed by atoms with Crippen LogP contribution in [0.3, 0.4) is 0 Å². The smallest absolute Gasteiger partial charge is 0.0622 e. The highest BCUT2D eigenvalue weighted by molar-refractivity contribution is 4.80. The predicted octanol–water partition coefficient (Wildman–Crippen LogP) is 4.00. The molecule has 1 unspecified atom stereocenters. The van der Waals surface area contributed by atoms with Crippen molar-refractivity contribution in [3.8, 4) is 0 Å². The van der Waals surface area contributed by atoms with E-state index in [1.54, 1.807) is 0 Å². The third-order valence-electron chi connectivity index (χ3n) is 4.43. The van der Waals surface area contributed by atoms with E-state index in [2.05, 4.69) is 26.1 Å². The van der Waals surface area contributed by atoms with Gasteiger partial charge in [0, 0.05) is 12.6 Å². The van der Waals surface area contributed by atoms with Crippen molar-refractivity contribution in [3.63, 3.8) is 0 Å². The maximum absolute atomic E-state index is 5.99. The monoisotopic (exact) mass is 255 g/mol. The van der Waals surface area contributed by atoms with Crippen LogP contribution in [-0.4, -0.2) is 25.8 Å². The summed E-state index contributed by atoms with van der Waals surface area (Å²) in [6.07, 6.45) is 9.34. The Morgan fingerprint density at radius 1 is 1.06 bits per heavy atom. The van der Waals surface area contributed by atoms with E-state index in [-0.39, 0.29) is 0 Å². The summed E-state index contributed by atoms with van der Waals surface area (Å²) in [7, 11) is 0. The van der Waals surface area contributed by atoms with Crippen molar-refractivity contribution in [2.75, 3.05) is 19.8 Å². The maximum Gasteiger partial charge on any atom is 0.0622 e. The van der Waals surface area contributed by atoms with E-state index in [0.29, 0.717) is 6.04 Å². The van der Waals surface area contributed by atoms with Gasteiger partial charge in [-0.05, 0) is 37.6 Å². The Kier molecular flexibility index (Phi) is 8.70. The second-order valence-corrected chi connectivity index (χ2v) is 5.83. The molecule has 0 aromatic rings. The number of ether oxygens (including phenoxy) is 1. The van der Waals surface area contributed by atoms with E-state index in [1.807, 2.05) is 0 Å². The first-order valence-corrected chi connectivity index (χ1v) is 8.12. The van der Waals surface area contributed by atoms with Gasteiger partial charge in [-0.15, -0.1) is 0 Å². The molecule has 1 N–H and O–H groups in total. The molecule has 0 aromatic heterocycles. The zero-order valence-electron chi connectivity index (χ0n) is 12.7. The summed E-state index contributed by atoms with van der Waals surface area (Å²) in [5.74, 6) is 1.61. The summed E-state index contributed by atoms with van der Waals surface area (Å²) in [5, 5.41) is 3.70. The lowest BCUT2D eigenvalue weighted by molar-refractivity contribution is 0.0656. The average Bonchev–Trinajstić information content (AvgIpc) is 2.92. The van der Waals surface area contributed by atoms with Crippen LogP contribution in [0.4, 0.5) is 0 Å². The molecule has 1 atom stereocenters. The topological polar surface area (TPSA) is 21.3 Å². The van der Waals surface area contributed by atoms with Gasteiger partial charge in [0.15, 0.2) is 0 Å². The lowest BCUT2D eigenvalue weighted by Crippen LogP contribution is -2.40. The Bertz CT molecular complexity index is 186. The molecule has 1 rings (SSSR count). The van der Waals surface area contributed by atoms with Gasteiger partial charge < -0.3 is 10.1 Å². The third-order valence-corrected chi connectivity index (χ3v) is 4.43. The molecule has 108 valence electrons. The fourth-order valence-electron chi connectivity index (χ4n) is 2.94. The van der Waals surface area contributed by atoms with E-state index in [4.69, 9.17) is 4.74 Å². The van der Waals surface area contributed by atoms with Crippen LogP contribution in [0.25, 0.3) is 0 Å². The minimum Gasteiger partial charge on any atom is -0.380 e. The van der Waals surface area contributed by atoms with Gasteiger partial charge in [-0.1, -0.05) is 46.5 Å². The highest BCUT2D eigenvalue weighted by Gasteiger charge is 2.24. The standard InChI is InChI=1S/C16H33NO/c1-4-11-17-16(15-9-7-8-10-15)13-18-12-14(5-2)6-3/h14-17H,4-13H2,1-3H3.